The zero-order valence-electron chi connectivity index (χ0n) is 11.8. The lowest BCUT2D eigenvalue weighted by molar-refractivity contribution is -0.276. The molecule has 1 aromatic rings. The Labute approximate surface area is 126 Å². The monoisotopic (exact) mass is 347 g/mol. The van der Waals surface area contributed by atoms with Crippen LogP contribution in [-0.2, 0) is 22.1 Å². The number of esters is 1. The van der Waals surface area contributed by atoms with E-state index in [-0.39, 0.29) is 6.61 Å². The molecule has 0 radical (unpaired) electrons. The van der Waals surface area contributed by atoms with Gasteiger partial charge in [0.25, 0.3) is 0 Å². The van der Waals surface area contributed by atoms with Gasteiger partial charge in [-0.05, 0) is 6.92 Å². The molecule has 0 bridgehead atoms. The van der Waals surface area contributed by atoms with Gasteiger partial charge in [-0.2, -0.15) is 13.2 Å². The number of nitrogens with zero attached hydrogens (tertiary/aromatic N) is 1. The number of hydrogen-bond donors (Lipinski definition) is 0. The quantitative estimate of drug-likeness (QED) is 0.605. The van der Waals surface area contributed by atoms with Gasteiger partial charge in [-0.25, -0.2) is 4.98 Å². The first kappa shape index (κ1) is 18.8. The number of rotatable bonds is 5. The number of carbonyl (C=O) groups excluding carboxylic acids is 1. The number of methoxy groups -OCH3 is 1. The molecule has 11 heteroatoms. The third kappa shape index (κ3) is 5.18. The zero-order chi connectivity index (χ0) is 17.8. The van der Waals surface area contributed by atoms with E-state index < -0.39 is 47.7 Å². The third-order valence-electron chi connectivity index (χ3n) is 2.45. The number of alkyl halides is 6. The van der Waals surface area contributed by atoms with Crippen molar-refractivity contribution < 1.29 is 45.3 Å². The first-order valence-electron chi connectivity index (χ1n) is 6.04. The Morgan fingerprint density at radius 2 is 1.83 bits per heavy atom. The second-order valence-corrected chi connectivity index (χ2v) is 4.01. The van der Waals surface area contributed by atoms with Crippen LogP contribution in [0.15, 0.2) is 6.20 Å². The molecular weight excluding hydrogens is 336 g/mol. The second kappa shape index (κ2) is 6.92. The van der Waals surface area contributed by atoms with Gasteiger partial charge in [0.1, 0.15) is 11.3 Å². The SMILES string of the molecule is CCOC(=O)Cc1c(OC(F)(F)F)ncc(OC)c1C(F)(F)F. The van der Waals surface area contributed by atoms with E-state index in [1.165, 1.54) is 6.92 Å². The molecule has 0 amide bonds. The summed E-state index contributed by atoms with van der Waals surface area (Å²) in [5.41, 5.74) is -2.70. The molecule has 5 nitrogen and oxygen atoms in total. The van der Waals surface area contributed by atoms with Crippen molar-refractivity contribution in [3.8, 4) is 11.6 Å². The summed E-state index contributed by atoms with van der Waals surface area (Å²) in [6.45, 7) is 1.23. The molecule has 0 spiro atoms. The van der Waals surface area contributed by atoms with E-state index in [1.807, 2.05) is 0 Å². The van der Waals surface area contributed by atoms with Crippen LogP contribution in [-0.4, -0.2) is 31.0 Å². The summed E-state index contributed by atoms with van der Waals surface area (Å²) in [6, 6.07) is 0. The Morgan fingerprint density at radius 3 is 2.26 bits per heavy atom. The van der Waals surface area contributed by atoms with Crippen LogP contribution in [0.1, 0.15) is 18.1 Å². The van der Waals surface area contributed by atoms with Crippen molar-refractivity contribution in [2.45, 2.75) is 25.9 Å². The van der Waals surface area contributed by atoms with E-state index in [0.29, 0.717) is 6.20 Å². The molecule has 0 unspecified atom stereocenters. The molecule has 1 rings (SSSR count). The van der Waals surface area contributed by atoms with Gasteiger partial charge < -0.3 is 14.2 Å². The minimum absolute atomic E-state index is 0.160. The molecule has 0 saturated carbocycles. The lowest BCUT2D eigenvalue weighted by Gasteiger charge is -2.19. The van der Waals surface area contributed by atoms with Gasteiger partial charge in [-0.3, -0.25) is 4.79 Å². The van der Waals surface area contributed by atoms with Crippen LogP contribution < -0.4 is 9.47 Å². The van der Waals surface area contributed by atoms with E-state index in [2.05, 4.69) is 19.2 Å². The van der Waals surface area contributed by atoms with Gasteiger partial charge in [0, 0.05) is 5.56 Å². The fraction of sp³-hybridized carbons (Fsp3) is 0.500. The van der Waals surface area contributed by atoms with Crippen molar-refractivity contribution in [1.29, 1.82) is 0 Å². The predicted molar refractivity (Wildman–Crippen MR) is 62.8 cm³/mol. The molecule has 0 fully saturated rings. The highest BCUT2D eigenvalue weighted by atomic mass is 19.4. The summed E-state index contributed by atoms with van der Waals surface area (Å²) in [5, 5.41) is 0. The van der Waals surface area contributed by atoms with Gasteiger partial charge in [-0.1, -0.05) is 0 Å². The highest BCUT2D eigenvalue weighted by Crippen LogP contribution is 2.42. The molecule has 130 valence electrons. The molecule has 1 aromatic heterocycles. The van der Waals surface area contributed by atoms with Crippen LogP contribution in [0.4, 0.5) is 26.3 Å². The highest BCUT2D eigenvalue weighted by Gasteiger charge is 2.42. The lowest BCUT2D eigenvalue weighted by atomic mass is 10.1. The minimum atomic E-state index is -5.28. The molecule has 0 aromatic carbocycles. The smallest absolute Gasteiger partial charge is 0.494 e. The van der Waals surface area contributed by atoms with E-state index in [9.17, 15) is 31.1 Å². The van der Waals surface area contributed by atoms with Crippen molar-refractivity contribution in [1.82, 2.24) is 4.98 Å². The first-order chi connectivity index (χ1) is 10.5. The predicted octanol–water partition coefficient (Wildman–Crippen LogP) is 3.11. The summed E-state index contributed by atoms with van der Waals surface area (Å²) < 4.78 is 88.8. The number of carbonyl (C=O) groups is 1. The van der Waals surface area contributed by atoms with E-state index >= 15 is 0 Å². The third-order valence-corrected chi connectivity index (χ3v) is 2.45. The van der Waals surface area contributed by atoms with Crippen molar-refractivity contribution in [3.63, 3.8) is 0 Å². The van der Waals surface area contributed by atoms with Crippen LogP contribution >= 0.6 is 0 Å². The van der Waals surface area contributed by atoms with E-state index in [1.54, 1.807) is 0 Å². The average molecular weight is 347 g/mol. The standard InChI is InChI=1S/C12H11F6NO4/c1-3-22-8(20)4-6-9(11(13,14)15)7(21-2)5-19-10(6)23-12(16,17)18/h5H,3-4H2,1-2H3. The maximum Gasteiger partial charge on any atom is 0.574 e. The summed E-state index contributed by atoms with van der Waals surface area (Å²) in [5.74, 6) is -3.40. The van der Waals surface area contributed by atoms with Gasteiger partial charge in [0.2, 0.25) is 5.88 Å². The minimum Gasteiger partial charge on any atom is -0.494 e. The molecule has 0 aliphatic heterocycles. The Bertz CT molecular complexity index is 570. The number of halogens is 6. The van der Waals surface area contributed by atoms with Crippen molar-refractivity contribution in [2.75, 3.05) is 13.7 Å². The van der Waals surface area contributed by atoms with E-state index in [0.717, 1.165) is 7.11 Å². The zero-order valence-corrected chi connectivity index (χ0v) is 11.8. The van der Waals surface area contributed by atoms with Crippen molar-refractivity contribution in [2.24, 2.45) is 0 Å². The summed E-state index contributed by atoms with van der Waals surface area (Å²) in [7, 11) is 0.880. The number of ether oxygens (including phenoxy) is 3. The van der Waals surface area contributed by atoms with Crippen molar-refractivity contribution in [3.05, 3.63) is 17.3 Å². The topological polar surface area (TPSA) is 57.7 Å². The molecule has 0 aliphatic rings. The normalized spacial score (nSPS) is 12.0. The summed E-state index contributed by atoms with van der Waals surface area (Å²) in [6.07, 6.45) is -11.1. The second-order valence-electron chi connectivity index (χ2n) is 4.01. The van der Waals surface area contributed by atoms with Gasteiger partial charge in [0.15, 0.2) is 0 Å². The molecule has 0 atom stereocenters. The van der Waals surface area contributed by atoms with Gasteiger partial charge in [-0.15, -0.1) is 13.2 Å². The van der Waals surface area contributed by atoms with Crippen LogP contribution in [0.25, 0.3) is 0 Å². The summed E-state index contributed by atoms with van der Waals surface area (Å²) in [4.78, 5) is 14.6. The molecule has 0 aliphatic carbocycles. The fourth-order valence-corrected chi connectivity index (χ4v) is 1.70. The average Bonchev–Trinajstić information content (AvgIpc) is 2.37. The summed E-state index contributed by atoms with van der Waals surface area (Å²) >= 11 is 0. The lowest BCUT2D eigenvalue weighted by Crippen LogP contribution is -2.23. The van der Waals surface area contributed by atoms with Gasteiger partial charge in [0.05, 0.1) is 26.3 Å². The number of aromatic nitrogens is 1. The highest BCUT2D eigenvalue weighted by molar-refractivity contribution is 5.74. The molecule has 0 N–H and O–H groups in total. The maximum atomic E-state index is 13.1. The molecule has 1 heterocycles. The molecular formula is C12H11F6NO4. The molecule has 23 heavy (non-hydrogen) atoms. The van der Waals surface area contributed by atoms with Crippen molar-refractivity contribution >= 4 is 5.97 Å². The Balaban J connectivity index is 3.49. The fourth-order valence-electron chi connectivity index (χ4n) is 1.70. The van der Waals surface area contributed by atoms with Crippen LogP contribution in [0.2, 0.25) is 0 Å². The van der Waals surface area contributed by atoms with Crippen LogP contribution in [0.3, 0.4) is 0 Å². The Morgan fingerprint density at radius 1 is 1.22 bits per heavy atom. The van der Waals surface area contributed by atoms with Gasteiger partial charge >= 0.3 is 18.5 Å². The Kier molecular flexibility index (Phi) is 5.67. The first-order valence-corrected chi connectivity index (χ1v) is 6.04. The van der Waals surface area contributed by atoms with Crippen LogP contribution in [0.5, 0.6) is 11.6 Å². The largest absolute Gasteiger partial charge is 0.574 e. The van der Waals surface area contributed by atoms with E-state index in [4.69, 9.17) is 0 Å². The number of hydrogen-bond acceptors (Lipinski definition) is 5. The molecule has 0 saturated heterocycles. The number of pyridine rings is 1. The van der Waals surface area contributed by atoms with Crippen LogP contribution in [0, 0.1) is 0 Å². The maximum absolute atomic E-state index is 13.1. The Hall–Kier alpha value is -2.20.